The first-order chi connectivity index (χ1) is 3.29. The zero-order chi connectivity index (χ0) is 5.28. The van der Waals surface area contributed by atoms with Crippen molar-refractivity contribution in [2.75, 3.05) is 0 Å². The largest absolute Gasteiger partial charge is 0.123 e. The molecule has 1 aliphatic carbocycles. The first-order valence-corrected chi connectivity index (χ1v) is 2.71. The molecule has 0 bridgehead atoms. The summed E-state index contributed by atoms with van der Waals surface area (Å²) in [5, 5.41) is 0. The average Bonchev–Trinajstić information content (AvgIpc) is 2.17. The smallest absolute Gasteiger partial charge is 0.0200 e. The van der Waals surface area contributed by atoms with Crippen LogP contribution >= 0.6 is 0 Å². The molecule has 0 heteroatoms. The Labute approximate surface area is 44.5 Å². The van der Waals surface area contributed by atoms with Crippen LogP contribution in [0.2, 0.25) is 0 Å². The summed E-state index contributed by atoms with van der Waals surface area (Å²) in [6.07, 6.45) is 2.59. The van der Waals surface area contributed by atoms with Gasteiger partial charge in [0.25, 0.3) is 0 Å². The lowest BCUT2D eigenvalue weighted by molar-refractivity contribution is 1.40. The third-order valence-electron chi connectivity index (χ3n) is 0.927. The highest BCUT2D eigenvalue weighted by atomic mass is 14.1. The maximum atomic E-state index is 3.25. The summed E-state index contributed by atoms with van der Waals surface area (Å²) in [7, 11) is 0. The minimum absolute atomic E-state index is 1.30. The van der Waals surface area contributed by atoms with Gasteiger partial charge >= 0.3 is 0 Å². The molecular weight excluding hydrogens is 84.1 g/mol. The van der Waals surface area contributed by atoms with Gasteiger partial charge in [0.15, 0.2) is 0 Å². The molecule has 1 fully saturated rings. The van der Waals surface area contributed by atoms with Gasteiger partial charge in [0.05, 0.1) is 0 Å². The lowest BCUT2D eigenvalue weighted by Gasteiger charge is -1.71. The first kappa shape index (κ1) is 4.67. The number of hydrogen-bond acceptors (Lipinski definition) is 0. The Morgan fingerprint density at radius 3 is 2.14 bits per heavy atom. The van der Waals surface area contributed by atoms with Crippen LogP contribution in [0, 0.1) is 0 Å². The maximum absolute atomic E-state index is 3.25. The monoisotopic (exact) mass is 94.1 g/mol. The summed E-state index contributed by atoms with van der Waals surface area (Å²) in [6, 6.07) is 0. The van der Waals surface area contributed by atoms with E-state index < -0.39 is 0 Å². The zero-order valence-electron chi connectivity index (χ0n) is 4.91. The van der Waals surface area contributed by atoms with Crippen molar-refractivity contribution in [3.8, 4) is 0 Å². The van der Waals surface area contributed by atoms with E-state index in [1.165, 1.54) is 24.0 Å². The van der Waals surface area contributed by atoms with Crippen LogP contribution in [0.25, 0.3) is 0 Å². The first-order valence-electron chi connectivity index (χ1n) is 2.71. The van der Waals surface area contributed by atoms with Crippen LogP contribution in [-0.2, 0) is 0 Å². The van der Waals surface area contributed by atoms with E-state index in [4.69, 9.17) is 0 Å². The summed E-state index contributed by atoms with van der Waals surface area (Å²) < 4.78 is 0. The van der Waals surface area contributed by atoms with Gasteiger partial charge in [-0.15, -0.1) is 5.73 Å². The molecule has 0 N–H and O–H groups in total. The van der Waals surface area contributed by atoms with Crippen molar-refractivity contribution < 1.29 is 0 Å². The van der Waals surface area contributed by atoms with Gasteiger partial charge in [-0.25, -0.2) is 0 Å². The van der Waals surface area contributed by atoms with Gasteiger partial charge in [-0.1, -0.05) is 0 Å². The molecule has 0 atom stereocenters. The molecule has 0 amide bonds. The van der Waals surface area contributed by atoms with Gasteiger partial charge in [-0.05, 0) is 37.8 Å². The lowest BCUT2D eigenvalue weighted by Crippen LogP contribution is -1.51. The van der Waals surface area contributed by atoms with Crippen LogP contribution < -0.4 is 0 Å². The molecule has 0 radical (unpaired) electrons. The van der Waals surface area contributed by atoms with Crippen molar-refractivity contribution in [3.63, 3.8) is 0 Å². The Bertz CT molecular complexity index is 122. The van der Waals surface area contributed by atoms with Crippen LogP contribution in [0.5, 0.6) is 0 Å². The molecule has 0 nitrogen and oxygen atoms in total. The van der Waals surface area contributed by atoms with E-state index in [2.05, 4.69) is 19.6 Å². The number of allylic oxidation sites excluding steroid dienone is 1. The second-order valence-electron chi connectivity index (χ2n) is 2.23. The fraction of sp³-hybridized carbons (Fsp3) is 0.571. The molecule has 7 heavy (non-hydrogen) atoms. The van der Waals surface area contributed by atoms with E-state index in [9.17, 15) is 0 Å². The van der Waals surface area contributed by atoms with Crippen LogP contribution in [-0.4, -0.2) is 0 Å². The minimum Gasteiger partial charge on any atom is -0.123 e. The van der Waals surface area contributed by atoms with Crippen LogP contribution in [0.1, 0.15) is 26.7 Å². The van der Waals surface area contributed by atoms with Gasteiger partial charge in [0, 0.05) is 0 Å². The Kier molecular flexibility index (Phi) is 1.04. The quantitative estimate of drug-likeness (QED) is 0.404. The molecule has 0 unspecified atom stereocenters. The SMILES string of the molecule is CC(C)=C=C1CC1. The molecule has 0 aromatic carbocycles. The number of hydrogen-bond donors (Lipinski definition) is 0. The van der Waals surface area contributed by atoms with Crippen LogP contribution in [0.15, 0.2) is 16.9 Å². The van der Waals surface area contributed by atoms with E-state index in [0.29, 0.717) is 0 Å². The van der Waals surface area contributed by atoms with E-state index in [0.717, 1.165) is 0 Å². The van der Waals surface area contributed by atoms with Crippen LogP contribution in [0.3, 0.4) is 0 Å². The normalized spacial score (nSPS) is 16.0. The third kappa shape index (κ3) is 1.61. The highest BCUT2D eigenvalue weighted by Gasteiger charge is 2.08. The summed E-state index contributed by atoms with van der Waals surface area (Å²) >= 11 is 0. The fourth-order valence-corrected chi connectivity index (χ4v) is 0.541. The fourth-order valence-electron chi connectivity index (χ4n) is 0.541. The highest BCUT2D eigenvalue weighted by Crippen LogP contribution is 2.26. The minimum atomic E-state index is 1.30. The lowest BCUT2D eigenvalue weighted by atomic mass is 10.4. The van der Waals surface area contributed by atoms with E-state index in [1.54, 1.807) is 0 Å². The van der Waals surface area contributed by atoms with Crippen molar-refractivity contribution in [3.05, 3.63) is 16.9 Å². The molecule has 0 aromatic rings. The molecule has 0 saturated heterocycles. The number of rotatable bonds is 0. The summed E-state index contributed by atoms with van der Waals surface area (Å²) in [4.78, 5) is 0. The second-order valence-corrected chi connectivity index (χ2v) is 2.23. The summed E-state index contributed by atoms with van der Waals surface area (Å²) in [5.74, 6) is 0. The highest BCUT2D eigenvalue weighted by molar-refractivity contribution is 5.17. The summed E-state index contributed by atoms with van der Waals surface area (Å²) in [6.45, 7) is 4.18. The zero-order valence-corrected chi connectivity index (χ0v) is 4.91. The van der Waals surface area contributed by atoms with Crippen molar-refractivity contribution in [2.45, 2.75) is 26.7 Å². The predicted molar refractivity (Wildman–Crippen MR) is 31.1 cm³/mol. The molecule has 38 valence electrons. The van der Waals surface area contributed by atoms with Gasteiger partial charge in [-0.2, -0.15) is 0 Å². The Morgan fingerprint density at radius 1 is 1.43 bits per heavy atom. The molecule has 0 aliphatic heterocycles. The molecule has 1 saturated carbocycles. The molecular formula is C7H10. The van der Waals surface area contributed by atoms with E-state index >= 15 is 0 Å². The topological polar surface area (TPSA) is 0 Å². The molecule has 0 aromatic heterocycles. The average molecular weight is 94.2 g/mol. The molecule has 1 rings (SSSR count). The maximum Gasteiger partial charge on any atom is -0.0200 e. The van der Waals surface area contributed by atoms with Crippen molar-refractivity contribution in [2.24, 2.45) is 0 Å². The second kappa shape index (κ2) is 1.55. The van der Waals surface area contributed by atoms with Crippen molar-refractivity contribution in [1.29, 1.82) is 0 Å². The Morgan fingerprint density at radius 2 is 2.00 bits per heavy atom. The van der Waals surface area contributed by atoms with Gasteiger partial charge in [-0.3, -0.25) is 0 Å². The van der Waals surface area contributed by atoms with Crippen LogP contribution in [0.4, 0.5) is 0 Å². The van der Waals surface area contributed by atoms with Gasteiger partial charge in [0.1, 0.15) is 0 Å². The van der Waals surface area contributed by atoms with Gasteiger partial charge < -0.3 is 0 Å². The standard InChI is InChI=1S/C7H10/c1-6(2)5-7-3-4-7/h3-4H2,1-2H3. The summed E-state index contributed by atoms with van der Waals surface area (Å²) in [5.41, 5.74) is 6.06. The van der Waals surface area contributed by atoms with E-state index in [-0.39, 0.29) is 0 Å². The molecule has 0 spiro atoms. The Balaban J connectivity index is 2.75. The Hall–Kier alpha value is -0.480. The predicted octanol–water partition coefficient (Wildman–Crippen LogP) is 2.27. The molecule has 0 heterocycles. The van der Waals surface area contributed by atoms with Gasteiger partial charge in [0.2, 0.25) is 0 Å². The van der Waals surface area contributed by atoms with Crippen molar-refractivity contribution in [1.82, 2.24) is 0 Å². The molecule has 1 aliphatic rings. The van der Waals surface area contributed by atoms with E-state index in [1.807, 2.05) is 0 Å². The third-order valence-corrected chi connectivity index (χ3v) is 0.927. The van der Waals surface area contributed by atoms with Crippen molar-refractivity contribution >= 4 is 0 Å².